The second-order valence-corrected chi connectivity index (χ2v) is 4.89. The maximum Gasteiger partial charge on any atom is 0.120 e. The normalized spacial score (nSPS) is 11.0. The predicted molar refractivity (Wildman–Crippen MR) is 86.8 cm³/mol. The molecule has 2 N–H and O–H groups in total. The van der Waals surface area contributed by atoms with Gasteiger partial charge < -0.3 is 19.6 Å². The van der Waals surface area contributed by atoms with E-state index < -0.39 is 5.97 Å². The summed E-state index contributed by atoms with van der Waals surface area (Å²) in [6, 6.07) is 11.9. The van der Waals surface area contributed by atoms with Gasteiger partial charge in [0.1, 0.15) is 5.75 Å². The Hall–Kier alpha value is -3.28. The number of ether oxygens (including phenoxy) is 1. The molecule has 0 amide bonds. The quantitative estimate of drug-likeness (QED) is 0.557. The molecule has 23 heavy (non-hydrogen) atoms. The van der Waals surface area contributed by atoms with Gasteiger partial charge in [-0.3, -0.25) is 5.43 Å². The van der Waals surface area contributed by atoms with Crippen LogP contribution in [0.25, 0.3) is 10.9 Å². The van der Waals surface area contributed by atoms with Crippen LogP contribution in [0.1, 0.15) is 15.9 Å². The zero-order valence-electron chi connectivity index (χ0n) is 12.4. The van der Waals surface area contributed by atoms with Gasteiger partial charge in [-0.15, -0.1) is 0 Å². The Morgan fingerprint density at radius 3 is 2.74 bits per heavy atom. The summed E-state index contributed by atoms with van der Waals surface area (Å²) in [6.07, 6.45) is 3.55. The number of carboxylic acid groups (broad SMARTS) is 1. The van der Waals surface area contributed by atoms with Crippen LogP contribution >= 0.6 is 0 Å². The van der Waals surface area contributed by atoms with Crippen LogP contribution in [0.15, 0.2) is 53.8 Å². The number of benzene rings is 2. The lowest BCUT2D eigenvalue weighted by molar-refractivity contribution is -0.255. The van der Waals surface area contributed by atoms with Gasteiger partial charge in [0.15, 0.2) is 0 Å². The number of hydrazone groups is 1. The fourth-order valence-corrected chi connectivity index (χ4v) is 2.22. The summed E-state index contributed by atoms with van der Waals surface area (Å²) < 4.78 is 5.18. The molecule has 0 saturated heterocycles. The van der Waals surface area contributed by atoms with Gasteiger partial charge in [-0.2, -0.15) is 5.10 Å². The largest absolute Gasteiger partial charge is 0.545 e. The first-order chi connectivity index (χ1) is 11.2. The van der Waals surface area contributed by atoms with Gasteiger partial charge in [-0.1, -0.05) is 12.1 Å². The van der Waals surface area contributed by atoms with Crippen molar-refractivity contribution in [2.24, 2.45) is 5.10 Å². The van der Waals surface area contributed by atoms with Crippen molar-refractivity contribution in [1.82, 2.24) is 4.98 Å². The molecule has 0 aliphatic rings. The van der Waals surface area contributed by atoms with E-state index in [9.17, 15) is 9.90 Å². The van der Waals surface area contributed by atoms with E-state index in [0.29, 0.717) is 5.69 Å². The average Bonchev–Trinajstić information content (AvgIpc) is 2.97. The molecule has 6 nitrogen and oxygen atoms in total. The monoisotopic (exact) mass is 308 g/mol. The third-order valence-electron chi connectivity index (χ3n) is 3.44. The van der Waals surface area contributed by atoms with Gasteiger partial charge in [0.25, 0.3) is 0 Å². The van der Waals surface area contributed by atoms with E-state index in [0.717, 1.165) is 22.2 Å². The molecule has 0 atom stereocenters. The van der Waals surface area contributed by atoms with Crippen LogP contribution in [-0.4, -0.2) is 24.3 Å². The molecule has 0 spiro atoms. The van der Waals surface area contributed by atoms with E-state index in [1.54, 1.807) is 25.5 Å². The van der Waals surface area contributed by atoms with Crippen LogP contribution in [0.3, 0.4) is 0 Å². The van der Waals surface area contributed by atoms with E-state index in [4.69, 9.17) is 4.74 Å². The minimum atomic E-state index is -1.20. The number of aromatic nitrogens is 1. The van der Waals surface area contributed by atoms with Gasteiger partial charge in [0, 0.05) is 28.7 Å². The lowest BCUT2D eigenvalue weighted by atomic mass is 10.2. The van der Waals surface area contributed by atoms with Crippen molar-refractivity contribution in [3.05, 3.63) is 59.8 Å². The van der Waals surface area contributed by atoms with Gasteiger partial charge in [-0.05, 0) is 29.8 Å². The molecule has 6 heteroatoms. The molecular weight excluding hydrogens is 294 g/mol. The summed E-state index contributed by atoms with van der Waals surface area (Å²) in [6.45, 7) is 0. The Bertz CT molecular complexity index is 866. The van der Waals surface area contributed by atoms with Gasteiger partial charge in [-0.25, -0.2) is 0 Å². The molecule has 0 aliphatic carbocycles. The Morgan fingerprint density at radius 2 is 2.04 bits per heavy atom. The first-order valence-corrected chi connectivity index (χ1v) is 6.93. The first-order valence-electron chi connectivity index (χ1n) is 6.93. The number of hydrogen-bond acceptors (Lipinski definition) is 5. The van der Waals surface area contributed by atoms with Crippen molar-refractivity contribution in [2.75, 3.05) is 12.5 Å². The Balaban J connectivity index is 1.74. The summed E-state index contributed by atoms with van der Waals surface area (Å²) >= 11 is 0. The molecule has 3 rings (SSSR count). The number of rotatable bonds is 5. The Morgan fingerprint density at radius 1 is 1.26 bits per heavy atom. The minimum Gasteiger partial charge on any atom is -0.545 e. The van der Waals surface area contributed by atoms with Crippen LogP contribution in [0.4, 0.5) is 5.69 Å². The van der Waals surface area contributed by atoms with Crippen molar-refractivity contribution in [1.29, 1.82) is 0 Å². The standard InChI is InChI=1S/C17H15N3O3/c1-23-14-6-7-15-12(9-18-16(15)8-14)10-19-20-13-4-2-11(3-5-13)17(21)22/h2-10,18,20H,1H3,(H,21,22)/p-1/b19-10+. The highest BCUT2D eigenvalue weighted by molar-refractivity contribution is 5.99. The fraction of sp³-hybridized carbons (Fsp3) is 0.0588. The van der Waals surface area contributed by atoms with Crippen molar-refractivity contribution in [3.63, 3.8) is 0 Å². The number of hydrogen-bond donors (Lipinski definition) is 2. The smallest absolute Gasteiger partial charge is 0.120 e. The molecule has 3 aromatic rings. The summed E-state index contributed by atoms with van der Waals surface area (Å²) in [5.41, 5.74) is 5.57. The van der Waals surface area contributed by atoms with Gasteiger partial charge >= 0.3 is 0 Å². The Kier molecular flexibility index (Phi) is 3.97. The van der Waals surface area contributed by atoms with Gasteiger partial charge in [0.2, 0.25) is 0 Å². The molecule has 0 aliphatic heterocycles. The van der Waals surface area contributed by atoms with Crippen molar-refractivity contribution in [2.45, 2.75) is 0 Å². The fourth-order valence-electron chi connectivity index (χ4n) is 2.22. The average molecular weight is 308 g/mol. The van der Waals surface area contributed by atoms with Crippen LogP contribution in [0.2, 0.25) is 0 Å². The van der Waals surface area contributed by atoms with Crippen molar-refractivity contribution < 1.29 is 14.6 Å². The van der Waals surface area contributed by atoms with E-state index >= 15 is 0 Å². The summed E-state index contributed by atoms with van der Waals surface area (Å²) in [5, 5.41) is 15.9. The SMILES string of the molecule is COc1ccc2c(/C=N/Nc3ccc(C(=O)[O-])cc3)c[nH]c2c1. The zero-order valence-corrected chi connectivity index (χ0v) is 12.4. The number of carboxylic acids is 1. The molecule has 1 heterocycles. The van der Waals surface area contributed by atoms with Crippen molar-refractivity contribution in [3.8, 4) is 5.75 Å². The molecule has 0 bridgehead atoms. The number of fused-ring (bicyclic) bond motifs is 1. The zero-order chi connectivity index (χ0) is 16.2. The van der Waals surface area contributed by atoms with Crippen LogP contribution in [0.5, 0.6) is 5.75 Å². The molecule has 116 valence electrons. The number of carbonyl (C=O) groups excluding carboxylic acids is 1. The number of carbonyl (C=O) groups is 1. The van der Waals surface area contributed by atoms with Crippen LogP contribution in [-0.2, 0) is 0 Å². The summed E-state index contributed by atoms with van der Waals surface area (Å²) in [5.74, 6) is -0.414. The second kappa shape index (κ2) is 6.23. The maximum atomic E-state index is 10.7. The highest BCUT2D eigenvalue weighted by Crippen LogP contribution is 2.22. The Labute approximate surface area is 132 Å². The number of H-pyrrole nitrogens is 1. The van der Waals surface area contributed by atoms with E-state index in [1.165, 1.54) is 12.1 Å². The minimum absolute atomic E-state index is 0.130. The molecule has 0 fully saturated rings. The highest BCUT2D eigenvalue weighted by atomic mass is 16.5. The van der Waals surface area contributed by atoms with Crippen LogP contribution in [0, 0.1) is 0 Å². The molecule has 1 aromatic heterocycles. The number of nitrogens with one attached hydrogen (secondary N) is 2. The summed E-state index contributed by atoms with van der Waals surface area (Å²) in [7, 11) is 1.63. The number of anilines is 1. The topological polar surface area (TPSA) is 89.5 Å². The lowest BCUT2D eigenvalue weighted by Gasteiger charge is -2.03. The predicted octanol–water partition coefficient (Wildman–Crippen LogP) is 1.99. The molecule has 2 aromatic carbocycles. The van der Waals surface area contributed by atoms with Crippen LogP contribution < -0.4 is 15.3 Å². The molecule has 0 radical (unpaired) electrons. The summed E-state index contributed by atoms with van der Waals surface area (Å²) in [4.78, 5) is 13.8. The third-order valence-corrected chi connectivity index (χ3v) is 3.44. The van der Waals surface area contributed by atoms with E-state index in [1.807, 2.05) is 24.4 Å². The number of aromatic amines is 1. The third kappa shape index (κ3) is 3.16. The van der Waals surface area contributed by atoms with E-state index in [-0.39, 0.29) is 5.56 Å². The number of aromatic carboxylic acids is 1. The van der Waals surface area contributed by atoms with Crippen molar-refractivity contribution >= 4 is 28.8 Å². The molecule has 0 saturated carbocycles. The highest BCUT2D eigenvalue weighted by Gasteiger charge is 2.02. The van der Waals surface area contributed by atoms with Gasteiger partial charge in [0.05, 0.1) is 25.0 Å². The lowest BCUT2D eigenvalue weighted by Crippen LogP contribution is -2.21. The number of nitrogens with zero attached hydrogens (tertiary/aromatic N) is 1. The second-order valence-electron chi connectivity index (χ2n) is 4.89. The number of methoxy groups -OCH3 is 1. The maximum absolute atomic E-state index is 10.7. The molecule has 0 unspecified atom stereocenters. The molecular formula is C17H14N3O3-. The first kappa shape index (κ1) is 14.6. The van der Waals surface area contributed by atoms with E-state index in [2.05, 4.69) is 15.5 Å².